The van der Waals surface area contributed by atoms with Crippen molar-refractivity contribution < 1.29 is 18.0 Å². The molecule has 0 heterocycles. The van der Waals surface area contributed by atoms with Crippen LogP contribution in [-0.2, 0) is 26.2 Å². The summed E-state index contributed by atoms with van der Waals surface area (Å²) in [4.78, 5) is 28.7. The second-order valence-electron chi connectivity index (χ2n) is 9.53. The Labute approximate surface area is 223 Å². The van der Waals surface area contributed by atoms with Crippen LogP contribution in [0.3, 0.4) is 0 Å². The second kappa shape index (κ2) is 12.7. The van der Waals surface area contributed by atoms with Crippen LogP contribution in [0, 0.1) is 6.92 Å². The molecule has 196 valence electrons. The van der Waals surface area contributed by atoms with Gasteiger partial charge < -0.3 is 10.2 Å². The van der Waals surface area contributed by atoms with E-state index >= 15 is 0 Å². The summed E-state index contributed by atoms with van der Waals surface area (Å²) in [6, 6.07) is 14.0. The highest BCUT2D eigenvalue weighted by Crippen LogP contribution is 2.24. The van der Waals surface area contributed by atoms with E-state index < -0.39 is 28.5 Å². The Hall–Kier alpha value is -2.39. The van der Waals surface area contributed by atoms with Gasteiger partial charge in [0.25, 0.3) is 0 Å². The zero-order valence-electron chi connectivity index (χ0n) is 21.2. The smallest absolute Gasteiger partial charge is 0.244 e. The number of anilines is 1. The van der Waals surface area contributed by atoms with E-state index in [1.54, 1.807) is 24.3 Å². The normalized spacial score (nSPS) is 15.2. The number of halogens is 1. The number of nitrogens with zero attached hydrogens (tertiary/aromatic N) is 2. The maximum atomic E-state index is 13.8. The molecule has 1 atom stereocenters. The maximum absolute atomic E-state index is 13.8. The van der Waals surface area contributed by atoms with Gasteiger partial charge in [0.15, 0.2) is 0 Å². The average molecular weight is 579 g/mol. The van der Waals surface area contributed by atoms with Gasteiger partial charge in [0.2, 0.25) is 21.8 Å². The molecule has 0 aliphatic heterocycles. The van der Waals surface area contributed by atoms with Crippen LogP contribution >= 0.6 is 15.9 Å². The highest BCUT2D eigenvalue weighted by molar-refractivity contribution is 9.10. The predicted octanol–water partition coefficient (Wildman–Crippen LogP) is 4.78. The molecule has 0 aromatic heterocycles. The molecule has 2 aromatic carbocycles. The lowest BCUT2D eigenvalue weighted by molar-refractivity contribution is -0.140. The molecule has 3 rings (SSSR count). The zero-order chi connectivity index (χ0) is 26.3. The van der Waals surface area contributed by atoms with Gasteiger partial charge in [-0.3, -0.25) is 13.9 Å². The predicted molar refractivity (Wildman–Crippen MR) is 147 cm³/mol. The van der Waals surface area contributed by atoms with Crippen LogP contribution in [0.4, 0.5) is 5.69 Å². The van der Waals surface area contributed by atoms with Crippen LogP contribution in [-0.4, -0.2) is 50.0 Å². The number of hydrogen-bond donors (Lipinski definition) is 1. The Kier molecular flexibility index (Phi) is 9.96. The van der Waals surface area contributed by atoms with Gasteiger partial charge >= 0.3 is 0 Å². The fourth-order valence-electron chi connectivity index (χ4n) is 4.72. The van der Waals surface area contributed by atoms with Gasteiger partial charge in [0.05, 0.1) is 11.9 Å². The third-order valence-electron chi connectivity index (χ3n) is 6.55. The number of carbonyl (C=O) groups excluding carboxylic acids is 2. The third kappa shape index (κ3) is 7.80. The van der Waals surface area contributed by atoms with Gasteiger partial charge in [-0.1, -0.05) is 78.0 Å². The van der Waals surface area contributed by atoms with Crippen molar-refractivity contribution in [2.75, 3.05) is 17.1 Å². The van der Waals surface area contributed by atoms with E-state index in [9.17, 15) is 18.0 Å². The molecule has 0 spiro atoms. The van der Waals surface area contributed by atoms with Crippen molar-refractivity contribution in [3.05, 3.63) is 64.1 Å². The van der Waals surface area contributed by atoms with E-state index in [0.29, 0.717) is 16.6 Å². The molecule has 1 aliphatic carbocycles. The second-order valence-corrected chi connectivity index (χ2v) is 12.4. The molecule has 1 N–H and O–H groups in total. The molecule has 0 radical (unpaired) electrons. The molecule has 9 heteroatoms. The minimum atomic E-state index is -3.75. The summed E-state index contributed by atoms with van der Waals surface area (Å²) in [5, 5.41) is 3.15. The fourth-order valence-corrected chi connectivity index (χ4v) is 5.94. The maximum Gasteiger partial charge on any atom is 0.244 e. The number of aryl methyl sites for hydroxylation is 1. The van der Waals surface area contributed by atoms with Gasteiger partial charge in [-0.15, -0.1) is 0 Å². The largest absolute Gasteiger partial charge is 0.352 e. The molecule has 2 aromatic rings. The summed E-state index contributed by atoms with van der Waals surface area (Å²) in [6.07, 6.45) is 6.74. The zero-order valence-corrected chi connectivity index (χ0v) is 23.6. The molecule has 1 aliphatic rings. The molecule has 2 amide bonds. The van der Waals surface area contributed by atoms with Crippen LogP contribution in [0.5, 0.6) is 0 Å². The number of carbonyl (C=O) groups is 2. The van der Waals surface area contributed by atoms with Crippen molar-refractivity contribution in [1.82, 2.24) is 10.2 Å². The van der Waals surface area contributed by atoms with E-state index in [4.69, 9.17) is 0 Å². The van der Waals surface area contributed by atoms with Gasteiger partial charge in [0, 0.05) is 17.1 Å². The summed E-state index contributed by atoms with van der Waals surface area (Å²) in [5.41, 5.74) is 2.32. The molecular formula is C27H36BrN3O4S. The van der Waals surface area contributed by atoms with Gasteiger partial charge in [-0.2, -0.15) is 0 Å². The van der Waals surface area contributed by atoms with E-state index in [1.165, 1.54) is 11.3 Å². The van der Waals surface area contributed by atoms with Crippen LogP contribution < -0.4 is 9.62 Å². The van der Waals surface area contributed by atoms with Crippen molar-refractivity contribution in [3.63, 3.8) is 0 Å². The third-order valence-corrected chi connectivity index (χ3v) is 8.18. The Morgan fingerprint density at radius 3 is 2.39 bits per heavy atom. The first kappa shape index (κ1) is 28.2. The minimum Gasteiger partial charge on any atom is -0.352 e. The standard InChI is InChI=1S/C27H36BrN3O4S/c1-4-25(27(33)29-23-13-6-5-7-14-23)30(18-21-11-8-10-20(2)16-21)26(32)19-31(36(3,34)35)24-15-9-12-22(28)17-24/h8-12,15-17,23,25H,4-7,13-14,18-19H2,1-3H3,(H,29,33). The van der Waals surface area contributed by atoms with Crippen LogP contribution in [0.2, 0.25) is 0 Å². The number of amides is 2. The van der Waals surface area contributed by atoms with E-state index in [0.717, 1.165) is 47.4 Å². The van der Waals surface area contributed by atoms with Crippen molar-refractivity contribution in [3.8, 4) is 0 Å². The van der Waals surface area contributed by atoms with Crippen LogP contribution in [0.1, 0.15) is 56.6 Å². The SMILES string of the molecule is CCC(C(=O)NC1CCCCC1)N(Cc1cccc(C)c1)C(=O)CN(c1cccc(Br)c1)S(C)(=O)=O. The van der Waals surface area contributed by atoms with Gasteiger partial charge in [-0.25, -0.2) is 8.42 Å². The van der Waals surface area contributed by atoms with Crippen LogP contribution in [0.25, 0.3) is 0 Å². The number of nitrogens with one attached hydrogen (secondary N) is 1. The number of hydrogen-bond acceptors (Lipinski definition) is 4. The monoisotopic (exact) mass is 577 g/mol. The summed E-state index contributed by atoms with van der Waals surface area (Å²) >= 11 is 3.37. The highest BCUT2D eigenvalue weighted by Gasteiger charge is 2.32. The Morgan fingerprint density at radius 1 is 1.08 bits per heavy atom. The summed E-state index contributed by atoms with van der Waals surface area (Å²) in [5.74, 6) is -0.605. The highest BCUT2D eigenvalue weighted by atomic mass is 79.9. The van der Waals surface area contributed by atoms with Crippen molar-refractivity contribution >= 4 is 43.5 Å². The molecule has 1 unspecified atom stereocenters. The number of benzene rings is 2. The Morgan fingerprint density at radius 2 is 1.78 bits per heavy atom. The van der Waals surface area contributed by atoms with E-state index in [-0.39, 0.29) is 18.5 Å². The quantitative estimate of drug-likeness (QED) is 0.440. The molecule has 7 nitrogen and oxygen atoms in total. The molecule has 1 fully saturated rings. The fraction of sp³-hybridized carbons (Fsp3) is 0.481. The van der Waals surface area contributed by atoms with Gasteiger partial charge in [-0.05, 0) is 49.9 Å². The topological polar surface area (TPSA) is 86.8 Å². The first-order valence-corrected chi connectivity index (χ1v) is 15.1. The number of sulfonamides is 1. The van der Waals surface area contributed by atoms with Crippen molar-refractivity contribution in [2.45, 2.75) is 71.0 Å². The first-order chi connectivity index (χ1) is 17.1. The molecule has 0 bridgehead atoms. The molecule has 1 saturated carbocycles. The lowest BCUT2D eigenvalue weighted by Gasteiger charge is -2.34. The summed E-state index contributed by atoms with van der Waals surface area (Å²) < 4.78 is 27.2. The molecule has 36 heavy (non-hydrogen) atoms. The summed E-state index contributed by atoms with van der Waals surface area (Å²) in [7, 11) is -3.75. The van der Waals surface area contributed by atoms with Crippen molar-refractivity contribution in [1.29, 1.82) is 0 Å². The molecular weight excluding hydrogens is 542 g/mol. The lowest BCUT2D eigenvalue weighted by Crippen LogP contribution is -2.53. The Balaban J connectivity index is 1.91. The minimum absolute atomic E-state index is 0.116. The first-order valence-electron chi connectivity index (χ1n) is 12.5. The van der Waals surface area contributed by atoms with E-state index in [1.807, 2.05) is 38.1 Å². The van der Waals surface area contributed by atoms with E-state index in [2.05, 4.69) is 21.2 Å². The van der Waals surface area contributed by atoms with Crippen molar-refractivity contribution in [2.24, 2.45) is 0 Å². The van der Waals surface area contributed by atoms with Gasteiger partial charge in [0.1, 0.15) is 12.6 Å². The average Bonchev–Trinajstić information content (AvgIpc) is 2.82. The number of rotatable bonds is 10. The summed E-state index contributed by atoms with van der Waals surface area (Å²) in [6.45, 7) is 3.67. The molecule has 0 saturated heterocycles. The van der Waals surface area contributed by atoms with Crippen LogP contribution in [0.15, 0.2) is 53.0 Å². The Bertz CT molecular complexity index is 1170. The lowest BCUT2D eigenvalue weighted by atomic mass is 9.95.